The summed E-state index contributed by atoms with van der Waals surface area (Å²) in [6, 6.07) is -0.0246. The maximum atomic E-state index is 12.0. The lowest BCUT2D eigenvalue weighted by Gasteiger charge is -2.12. The van der Waals surface area contributed by atoms with Crippen molar-refractivity contribution in [3.05, 3.63) is 12.4 Å². The summed E-state index contributed by atoms with van der Waals surface area (Å²) in [6.45, 7) is 4.51. The second-order valence-corrected chi connectivity index (χ2v) is 6.23. The Morgan fingerprint density at radius 3 is 2.50 bits per heavy atom. The molecular formula is C11H18N4O2S. The van der Waals surface area contributed by atoms with Gasteiger partial charge in [0, 0.05) is 12.6 Å². The van der Waals surface area contributed by atoms with Gasteiger partial charge < -0.3 is 5.32 Å². The molecule has 0 spiro atoms. The van der Waals surface area contributed by atoms with E-state index in [-0.39, 0.29) is 10.9 Å². The van der Waals surface area contributed by atoms with Gasteiger partial charge in [-0.3, -0.25) is 0 Å². The molecule has 1 aromatic rings. The molecule has 1 unspecified atom stereocenters. The number of rotatable bonds is 6. The van der Waals surface area contributed by atoms with E-state index in [1.807, 2.05) is 13.8 Å². The summed E-state index contributed by atoms with van der Waals surface area (Å²) < 4.78 is 26.7. The first-order chi connectivity index (χ1) is 8.53. The molecule has 6 nitrogen and oxygen atoms in total. The van der Waals surface area contributed by atoms with E-state index in [0.717, 1.165) is 12.8 Å². The summed E-state index contributed by atoms with van der Waals surface area (Å²) >= 11 is 0. The third-order valence-corrected chi connectivity index (χ3v) is 4.46. The number of nitrogens with one attached hydrogen (secondary N) is 2. The van der Waals surface area contributed by atoms with Crippen LogP contribution in [0.2, 0.25) is 0 Å². The molecule has 1 aromatic heterocycles. The first kappa shape index (κ1) is 13.2. The van der Waals surface area contributed by atoms with E-state index >= 15 is 0 Å². The molecule has 2 N–H and O–H groups in total. The molecular weight excluding hydrogens is 252 g/mol. The zero-order chi connectivity index (χ0) is 13.2. The number of nitrogens with zero attached hydrogens (tertiary/aromatic N) is 2. The lowest BCUT2D eigenvalue weighted by Crippen LogP contribution is -2.34. The highest BCUT2D eigenvalue weighted by Gasteiger charge is 2.31. The van der Waals surface area contributed by atoms with Gasteiger partial charge in [-0.05, 0) is 32.6 Å². The lowest BCUT2D eigenvalue weighted by atomic mass is 10.2. The van der Waals surface area contributed by atoms with Crippen LogP contribution < -0.4 is 10.0 Å². The Hall–Kier alpha value is -1.21. The van der Waals surface area contributed by atoms with Crippen LogP contribution in [0.4, 0.5) is 5.95 Å². The Labute approximate surface area is 107 Å². The minimum Gasteiger partial charge on any atom is -0.355 e. The number of anilines is 1. The van der Waals surface area contributed by atoms with Gasteiger partial charge in [-0.2, -0.15) is 0 Å². The van der Waals surface area contributed by atoms with Crippen molar-refractivity contribution in [3.63, 3.8) is 0 Å². The average Bonchev–Trinajstić information content (AvgIpc) is 3.13. The topological polar surface area (TPSA) is 84.0 Å². The molecule has 0 aromatic carbocycles. The van der Waals surface area contributed by atoms with Crippen molar-refractivity contribution >= 4 is 16.0 Å². The SMILES string of the molecule is CCNc1ncc(S(=O)(=O)NC(C)C2CC2)cn1. The summed E-state index contributed by atoms with van der Waals surface area (Å²) in [6.07, 6.45) is 4.85. The molecule has 0 aliphatic heterocycles. The molecule has 18 heavy (non-hydrogen) atoms. The number of hydrogen-bond acceptors (Lipinski definition) is 5. The number of hydrogen-bond donors (Lipinski definition) is 2. The first-order valence-electron chi connectivity index (χ1n) is 6.11. The predicted octanol–water partition coefficient (Wildman–Crippen LogP) is 0.985. The molecule has 1 aliphatic rings. The van der Waals surface area contributed by atoms with Crippen LogP contribution in [0.1, 0.15) is 26.7 Å². The summed E-state index contributed by atoms with van der Waals surface area (Å²) in [5.74, 6) is 0.911. The Kier molecular flexibility index (Phi) is 3.82. The van der Waals surface area contributed by atoms with Crippen LogP contribution in [0.25, 0.3) is 0 Å². The average molecular weight is 270 g/mol. The molecule has 2 rings (SSSR count). The van der Waals surface area contributed by atoms with Gasteiger partial charge >= 0.3 is 0 Å². The maximum absolute atomic E-state index is 12.0. The van der Waals surface area contributed by atoms with Crippen LogP contribution in [0.3, 0.4) is 0 Å². The van der Waals surface area contributed by atoms with E-state index < -0.39 is 10.0 Å². The van der Waals surface area contributed by atoms with Gasteiger partial charge in [-0.15, -0.1) is 0 Å². The smallest absolute Gasteiger partial charge is 0.243 e. The summed E-state index contributed by atoms with van der Waals surface area (Å²) in [4.78, 5) is 8.03. The molecule has 0 saturated heterocycles. The van der Waals surface area contributed by atoms with Crippen molar-refractivity contribution in [2.75, 3.05) is 11.9 Å². The lowest BCUT2D eigenvalue weighted by molar-refractivity contribution is 0.537. The monoisotopic (exact) mass is 270 g/mol. The molecule has 0 radical (unpaired) electrons. The first-order valence-corrected chi connectivity index (χ1v) is 7.59. The van der Waals surface area contributed by atoms with Crippen LogP contribution in [-0.2, 0) is 10.0 Å². The summed E-state index contributed by atoms with van der Waals surface area (Å²) in [5, 5.41) is 2.92. The Morgan fingerprint density at radius 2 is 2.00 bits per heavy atom. The highest BCUT2D eigenvalue weighted by molar-refractivity contribution is 7.89. The van der Waals surface area contributed by atoms with E-state index in [1.165, 1.54) is 12.4 Å². The van der Waals surface area contributed by atoms with Crippen LogP contribution in [0.5, 0.6) is 0 Å². The molecule has 100 valence electrons. The molecule has 7 heteroatoms. The zero-order valence-electron chi connectivity index (χ0n) is 10.5. The van der Waals surface area contributed by atoms with Crippen molar-refractivity contribution in [2.45, 2.75) is 37.6 Å². The second kappa shape index (κ2) is 5.19. The van der Waals surface area contributed by atoms with Gasteiger partial charge in [-0.25, -0.2) is 23.1 Å². The third-order valence-electron chi connectivity index (χ3n) is 2.94. The summed E-state index contributed by atoms with van der Waals surface area (Å²) in [5.41, 5.74) is 0. The maximum Gasteiger partial charge on any atom is 0.243 e. The zero-order valence-corrected chi connectivity index (χ0v) is 11.4. The Morgan fingerprint density at radius 1 is 1.39 bits per heavy atom. The van der Waals surface area contributed by atoms with Gasteiger partial charge in [-0.1, -0.05) is 0 Å². The van der Waals surface area contributed by atoms with Crippen molar-refractivity contribution in [3.8, 4) is 0 Å². The van der Waals surface area contributed by atoms with Gasteiger partial charge in [0.25, 0.3) is 0 Å². The molecule has 1 aliphatic carbocycles. The van der Waals surface area contributed by atoms with E-state index in [1.54, 1.807) is 0 Å². The molecule has 1 saturated carbocycles. The molecule has 1 fully saturated rings. The van der Waals surface area contributed by atoms with Crippen molar-refractivity contribution in [1.82, 2.24) is 14.7 Å². The van der Waals surface area contributed by atoms with E-state index in [0.29, 0.717) is 18.4 Å². The van der Waals surface area contributed by atoms with Crippen LogP contribution in [0.15, 0.2) is 17.3 Å². The van der Waals surface area contributed by atoms with Gasteiger partial charge in [0.1, 0.15) is 4.90 Å². The normalized spacial score (nSPS) is 17.4. The largest absolute Gasteiger partial charge is 0.355 e. The quantitative estimate of drug-likeness (QED) is 0.805. The van der Waals surface area contributed by atoms with Crippen molar-refractivity contribution in [2.24, 2.45) is 5.92 Å². The fourth-order valence-electron chi connectivity index (χ4n) is 1.71. The van der Waals surface area contributed by atoms with Crippen molar-refractivity contribution in [1.29, 1.82) is 0 Å². The molecule has 0 amide bonds. The Bertz CT molecular complexity index is 496. The standard InChI is InChI=1S/C11H18N4O2S/c1-3-12-11-13-6-10(7-14-11)18(16,17)15-8(2)9-4-5-9/h6-9,15H,3-5H2,1-2H3,(H,12,13,14). The minimum absolute atomic E-state index is 0.0246. The van der Waals surface area contributed by atoms with Gasteiger partial charge in [0.05, 0.1) is 12.4 Å². The van der Waals surface area contributed by atoms with E-state index in [9.17, 15) is 8.42 Å². The highest BCUT2D eigenvalue weighted by Crippen LogP contribution is 2.32. The van der Waals surface area contributed by atoms with Crippen LogP contribution in [0, 0.1) is 5.92 Å². The fraction of sp³-hybridized carbons (Fsp3) is 0.636. The number of sulfonamides is 1. The van der Waals surface area contributed by atoms with Crippen molar-refractivity contribution < 1.29 is 8.42 Å². The second-order valence-electron chi connectivity index (χ2n) is 4.52. The minimum atomic E-state index is -3.50. The van der Waals surface area contributed by atoms with Gasteiger partial charge in [0.15, 0.2) is 0 Å². The van der Waals surface area contributed by atoms with Crippen LogP contribution in [-0.4, -0.2) is 31.0 Å². The molecule has 0 bridgehead atoms. The Balaban J connectivity index is 2.08. The van der Waals surface area contributed by atoms with E-state index in [4.69, 9.17) is 0 Å². The molecule has 1 heterocycles. The van der Waals surface area contributed by atoms with Gasteiger partial charge in [0.2, 0.25) is 16.0 Å². The summed E-state index contributed by atoms with van der Waals surface area (Å²) in [7, 11) is -3.50. The highest BCUT2D eigenvalue weighted by atomic mass is 32.2. The number of aromatic nitrogens is 2. The third kappa shape index (κ3) is 3.17. The molecule has 1 atom stereocenters. The van der Waals surface area contributed by atoms with E-state index in [2.05, 4.69) is 20.0 Å². The predicted molar refractivity (Wildman–Crippen MR) is 68.7 cm³/mol. The van der Waals surface area contributed by atoms with Crippen LogP contribution >= 0.6 is 0 Å². The fourth-order valence-corrected chi connectivity index (χ4v) is 2.91.